The van der Waals surface area contributed by atoms with Crippen LogP contribution in [0.1, 0.15) is 35.3 Å². The number of amides is 1. The molecule has 1 fully saturated rings. The van der Waals surface area contributed by atoms with Gasteiger partial charge < -0.3 is 5.32 Å². The molecule has 2 aromatic heterocycles. The Balaban J connectivity index is 1.65. The van der Waals surface area contributed by atoms with Crippen LogP contribution in [0.2, 0.25) is 0 Å². The van der Waals surface area contributed by atoms with E-state index < -0.39 is 15.9 Å². The van der Waals surface area contributed by atoms with Crippen LogP contribution < -0.4 is 5.32 Å². The molecule has 1 N–H and O–H groups in total. The first-order valence-corrected chi connectivity index (χ1v) is 11.0. The second-order valence-electron chi connectivity index (χ2n) is 7.22. The molecule has 1 amide bonds. The van der Waals surface area contributed by atoms with Gasteiger partial charge in [0.1, 0.15) is 4.90 Å². The summed E-state index contributed by atoms with van der Waals surface area (Å²) in [5, 5.41) is 7.85. The average Bonchev–Trinajstić information content (AvgIpc) is 3.02. The average molecular weight is 414 g/mol. The molecule has 1 saturated heterocycles. The van der Waals surface area contributed by atoms with Crippen LogP contribution in [0.3, 0.4) is 0 Å². The fourth-order valence-electron chi connectivity index (χ4n) is 3.67. The number of hydrogen-bond donors (Lipinski definition) is 1. The third-order valence-electron chi connectivity index (χ3n) is 5.19. The first-order valence-electron chi connectivity index (χ1n) is 9.58. The van der Waals surface area contributed by atoms with Crippen molar-refractivity contribution < 1.29 is 13.2 Å². The summed E-state index contributed by atoms with van der Waals surface area (Å²) in [4.78, 5) is 17.3. The van der Waals surface area contributed by atoms with Crippen LogP contribution in [-0.4, -0.2) is 46.5 Å². The molecule has 0 spiro atoms. The second kappa shape index (κ2) is 7.57. The van der Waals surface area contributed by atoms with Crippen molar-refractivity contribution in [1.82, 2.24) is 19.1 Å². The van der Waals surface area contributed by atoms with Crippen LogP contribution in [0.15, 0.2) is 41.4 Å². The summed E-state index contributed by atoms with van der Waals surface area (Å²) in [5.41, 5.74) is 2.08. The largest absolute Gasteiger partial charge is 0.321 e. The van der Waals surface area contributed by atoms with Gasteiger partial charge >= 0.3 is 0 Å². The van der Waals surface area contributed by atoms with Crippen molar-refractivity contribution in [1.29, 1.82) is 0 Å². The molecule has 0 aliphatic carbocycles. The number of fused-ring (bicyclic) bond motifs is 1. The van der Waals surface area contributed by atoms with Gasteiger partial charge in [-0.3, -0.25) is 9.48 Å². The Labute approximate surface area is 169 Å². The number of carbonyl (C=O) groups is 1. The Hall–Kier alpha value is -2.78. The van der Waals surface area contributed by atoms with Crippen LogP contribution in [0.4, 0.5) is 5.69 Å². The molecule has 3 heterocycles. The van der Waals surface area contributed by atoms with Crippen LogP contribution in [-0.2, 0) is 17.1 Å². The molecule has 0 radical (unpaired) electrons. The molecule has 1 aliphatic heterocycles. The normalized spacial score (nSPS) is 15.5. The van der Waals surface area contributed by atoms with Gasteiger partial charge in [0, 0.05) is 31.7 Å². The fraction of sp³-hybridized carbons (Fsp3) is 0.350. The molecule has 0 unspecified atom stereocenters. The van der Waals surface area contributed by atoms with Gasteiger partial charge in [0.15, 0.2) is 5.65 Å². The number of hydrogen-bond acceptors (Lipinski definition) is 5. The number of carbonyl (C=O) groups excluding carboxylic acids is 1. The molecule has 1 aromatic carbocycles. The summed E-state index contributed by atoms with van der Waals surface area (Å²) in [6.07, 6.45) is 4.21. The van der Waals surface area contributed by atoms with Gasteiger partial charge in [0.25, 0.3) is 5.91 Å². The lowest BCUT2D eigenvalue weighted by atomic mass is 10.2. The summed E-state index contributed by atoms with van der Waals surface area (Å²) in [6.45, 7) is 2.86. The summed E-state index contributed by atoms with van der Waals surface area (Å²) in [6, 6.07) is 8.24. The molecule has 9 heteroatoms. The molecule has 0 atom stereocenters. The molecule has 3 aromatic rings. The lowest BCUT2D eigenvalue weighted by Gasteiger charge is -2.26. The lowest BCUT2D eigenvalue weighted by Crippen LogP contribution is -2.36. The highest BCUT2D eigenvalue weighted by Gasteiger charge is 2.28. The maximum atomic E-state index is 13.1. The van der Waals surface area contributed by atoms with Crippen molar-refractivity contribution in [3.63, 3.8) is 0 Å². The number of pyridine rings is 1. The zero-order chi connectivity index (χ0) is 20.6. The van der Waals surface area contributed by atoms with E-state index in [9.17, 15) is 13.2 Å². The molecule has 8 nitrogen and oxygen atoms in total. The van der Waals surface area contributed by atoms with Crippen molar-refractivity contribution in [2.45, 2.75) is 31.1 Å². The zero-order valence-corrected chi connectivity index (χ0v) is 17.2. The van der Waals surface area contributed by atoms with Crippen molar-refractivity contribution in [3.8, 4) is 0 Å². The van der Waals surface area contributed by atoms with Gasteiger partial charge in [-0.1, -0.05) is 18.6 Å². The van der Waals surface area contributed by atoms with Gasteiger partial charge in [-0.15, -0.1) is 0 Å². The second-order valence-corrected chi connectivity index (χ2v) is 9.13. The Morgan fingerprint density at radius 1 is 1.14 bits per heavy atom. The molecule has 0 saturated carbocycles. The van der Waals surface area contributed by atoms with Crippen molar-refractivity contribution in [3.05, 3.63) is 47.8 Å². The molecule has 0 bridgehead atoms. The highest BCUT2D eigenvalue weighted by atomic mass is 32.2. The summed E-state index contributed by atoms with van der Waals surface area (Å²) < 4.78 is 29.4. The van der Waals surface area contributed by atoms with E-state index in [1.807, 2.05) is 6.92 Å². The summed E-state index contributed by atoms with van der Waals surface area (Å²) in [7, 11) is -1.87. The topological polar surface area (TPSA) is 97.2 Å². The fourth-order valence-corrected chi connectivity index (χ4v) is 5.33. The monoisotopic (exact) mass is 413 g/mol. The highest BCUT2D eigenvalue weighted by molar-refractivity contribution is 7.89. The zero-order valence-electron chi connectivity index (χ0n) is 16.4. The maximum absolute atomic E-state index is 13.1. The van der Waals surface area contributed by atoms with E-state index in [1.165, 1.54) is 16.6 Å². The molecule has 1 aliphatic rings. The van der Waals surface area contributed by atoms with Gasteiger partial charge in [0.2, 0.25) is 10.0 Å². The van der Waals surface area contributed by atoms with E-state index in [0.717, 1.165) is 30.3 Å². The molecule has 4 rings (SSSR count). The van der Waals surface area contributed by atoms with Gasteiger partial charge in [0.05, 0.1) is 16.9 Å². The lowest BCUT2D eigenvalue weighted by molar-refractivity contribution is 0.102. The number of aromatic nitrogens is 3. The highest BCUT2D eigenvalue weighted by Crippen LogP contribution is 2.27. The van der Waals surface area contributed by atoms with E-state index in [-0.39, 0.29) is 10.6 Å². The molecule has 152 valence electrons. The van der Waals surface area contributed by atoms with E-state index in [0.29, 0.717) is 24.3 Å². The number of nitrogens with zero attached hydrogens (tertiary/aromatic N) is 4. The van der Waals surface area contributed by atoms with E-state index in [2.05, 4.69) is 15.4 Å². The predicted molar refractivity (Wildman–Crippen MR) is 110 cm³/mol. The van der Waals surface area contributed by atoms with Crippen molar-refractivity contribution >= 4 is 32.7 Å². The minimum absolute atomic E-state index is 0.113. The quantitative estimate of drug-likeness (QED) is 0.709. The number of piperidine rings is 1. The van der Waals surface area contributed by atoms with Crippen LogP contribution in [0.5, 0.6) is 0 Å². The molecule has 29 heavy (non-hydrogen) atoms. The standard InChI is InChI=1S/C20H23N5O3S/c1-14-16-12-15(13-21-19(16)24(2)23-14)20(26)22-17-8-4-5-9-18(17)29(27,28)25-10-6-3-7-11-25/h4-5,8-9,12-13H,3,6-7,10-11H2,1-2H3,(H,22,26). The first-order chi connectivity index (χ1) is 13.9. The number of anilines is 1. The Morgan fingerprint density at radius 3 is 2.62 bits per heavy atom. The minimum atomic E-state index is -3.67. The van der Waals surface area contributed by atoms with Gasteiger partial charge in [-0.05, 0) is 38.0 Å². The number of sulfonamides is 1. The maximum Gasteiger partial charge on any atom is 0.257 e. The number of nitrogens with one attached hydrogen (secondary N) is 1. The van der Waals surface area contributed by atoms with E-state index >= 15 is 0 Å². The van der Waals surface area contributed by atoms with E-state index in [4.69, 9.17) is 0 Å². The predicted octanol–water partition coefficient (Wildman–Crippen LogP) is 2.70. The Morgan fingerprint density at radius 2 is 1.86 bits per heavy atom. The number of para-hydroxylation sites is 1. The van der Waals surface area contributed by atoms with Crippen LogP contribution >= 0.6 is 0 Å². The van der Waals surface area contributed by atoms with Crippen LogP contribution in [0.25, 0.3) is 11.0 Å². The van der Waals surface area contributed by atoms with Gasteiger partial charge in [-0.2, -0.15) is 9.40 Å². The number of benzene rings is 1. The summed E-state index contributed by atoms with van der Waals surface area (Å²) >= 11 is 0. The SMILES string of the molecule is Cc1nn(C)c2ncc(C(=O)Nc3ccccc3S(=O)(=O)N3CCCCC3)cc12. The van der Waals surface area contributed by atoms with Gasteiger partial charge in [-0.25, -0.2) is 13.4 Å². The smallest absolute Gasteiger partial charge is 0.257 e. The number of aryl methyl sites for hydroxylation is 2. The molecular weight excluding hydrogens is 390 g/mol. The Kier molecular flexibility index (Phi) is 5.10. The van der Waals surface area contributed by atoms with Crippen molar-refractivity contribution in [2.75, 3.05) is 18.4 Å². The third kappa shape index (κ3) is 3.63. The first kappa shape index (κ1) is 19.5. The van der Waals surface area contributed by atoms with Crippen LogP contribution in [0, 0.1) is 6.92 Å². The number of rotatable bonds is 4. The Bertz CT molecular complexity index is 1180. The minimum Gasteiger partial charge on any atom is -0.321 e. The molecular formula is C20H23N5O3S. The van der Waals surface area contributed by atoms with Crippen molar-refractivity contribution in [2.24, 2.45) is 7.05 Å². The van der Waals surface area contributed by atoms with E-state index in [1.54, 1.807) is 36.0 Å². The summed E-state index contributed by atoms with van der Waals surface area (Å²) in [5.74, 6) is -0.413. The third-order valence-corrected chi connectivity index (χ3v) is 7.15.